The highest BCUT2D eigenvalue weighted by Crippen LogP contribution is 2.33. The lowest BCUT2D eigenvalue weighted by molar-refractivity contribution is 0.202. The maximum absolute atomic E-state index is 5.90. The molecule has 0 aromatic carbocycles. The molecule has 2 aliphatic rings. The fraction of sp³-hybridized carbons (Fsp3) is 0.526. The van der Waals surface area contributed by atoms with Gasteiger partial charge in [-0.25, -0.2) is 0 Å². The Balaban J connectivity index is 1.39. The molecule has 4 heteroatoms. The normalized spacial score (nSPS) is 25.1. The number of rotatable bonds is 5. The zero-order valence-corrected chi connectivity index (χ0v) is 13.8. The van der Waals surface area contributed by atoms with E-state index in [0.717, 1.165) is 31.0 Å². The van der Waals surface area contributed by atoms with Crippen molar-refractivity contribution >= 4 is 0 Å². The average Bonchev–Trinajstić information content (AvgIpc) is 3.28. The highest BCUT2D eigenvalue weighted by atomic mass is 16.3. The summed E-state index contributed by atoms with van der Waals surface area (Å²) in [4.78, 5) is 9.50. The van der Waals surface area contributed by atoms with E-state index in [9.17, 15) is 0 Å². The van der Waals surface area contributed by atoms with Gasteiger partial charge in [0.1, 0.15) is 11.5 Å². The van der Waals surface area contributed by atoms with Gasteiger partial charge in [0.25, 0.3) is 0 Å². The van der Waals surface area contributed by atoms with Crippen LogP contribution in [0.2, 0.25) is 0 Å². The van der Waals surface area contributed by atoms with Gasteiger partial charge in [-0.05, 0) is 36.6 Å². The molecule has 122 valence electrons. The molecular weight excluding hydrogens is 286 g/mol. The molecule has 4 heterocycles. The predicted molar refractivity (Wildman–Crippen MR) is 90.0 cm³/mol. The van der Waals surface area contributed by atoms with Gasteiger partial charge in [0.05, 0.1) is 6.54 Å². The first-order valence-corrected chi connectivity index (χ1v) is 8.78. The van der Waals surface area contributed by atoms with Gasteiger partial charge < -0.3 is 4.42 Å². The summed E-state index contributed by atoms with van der Waals surface area (Å²) in [6, 6.07) is 9.85. The van der Waals surface area contributed by atoms with Gasteiger partial charge in [-0.3, -0.25) is 14.8 Å². The first-order valence-electron chi connectivity index (χ1n) is 8.78. The van der Waals surface area contributed by atoms with Crippen molar-refractivity contribution in [2.45, 2.75) is 51.4 Å². The fourth-order valence-corrected chi connectivity index (χ4v) is 4.18. The Labute approximate surface area is 138 Å². The SMILES string of the molecule is CCc1ccc(CN2CC[C@H]3[C@H]2CCN3Cc2cccnc2)o1. The number of hydrogen-bond acceptors (Lipinski definition) is 4. The quantitative estimate of drug-likeness (QED) is 0.849. The van der Waals surface area contributed by atoms with Crippen LogP contribution in [0.1, 0.15) is 36.8 Å². The highest BCUT2D eigenvalue weighted by molar-refractivity contribution is 5.12. The van der Waals surface area contributed by atoms with Crippen molar-refractivity contribution in [1.82, 2.24) is 14.8 Å². The van der Waals surface area contributed by atoms with E-state index in [-0.39, 0.29) is 0 Å². The molecule has 4 nitrogen and oxygen atoms in total. The zero-order valence-electron chi connectivity index (χ0n) is 13.8. The molecule has 0 spiro atoms. The molecule has 2 saturated heterocycles. The monoisotopic (exact) mass is 311 g/mol. The van der Waals surface area contributed by atoms with E-state index in [1.165, 1.54) is 31.5 Å². The summed E-state index contributed by atoms with van der Waals surface area (Å²) >= 11 is 0. The third-order valence-electron chi connectivity index (χ3n) is 5.34. The summed E-state index contributed by atoms with van der Waals surface area (Å²) in [6.45, 7) is 6.51. The van der Waals surface area contributed by atoms with E-state index in [2.05, 4.69) is 39.9 Å². The summed E-state index contributed by atoms with van der Waals surface area (Å²) < 4.78 is 5.90. The lowest BCUT2D eigenvalue weighted by Gasteiger charge is -2.25. The maximum Gasteiger partial charge on any atom is 0.118 e. The fourth-order valence-electron chi connectivity index (χ4n) is 4.18. The molecule has 0 amide bonds. The minimum Gasteiger partial charge on any atom is -0.465 e. The molecule has 2 fully saturated rings. The number of pyridine rings is 1. The number of aryl methyl sites for hydroxylation is 1. The van der Waals surface area contributed by atoms with E-state index in [4.69, 9.17) is 4.42 Å². The molecule has 0 bridgehead atoms. The third kappa shape index (κ3) is 3.06. The van der Waals surface area contributed by atoms with Gasteiger partial charge in [0.15, 0.2) is 0 Å². The molecule has 0 unspecified atom stereocenters. The minimum atomic E-state index is 0.682. The van der Waals surface area contributed by atoms with E-state index in [1.54, 1.807) is 0 Å². The van der Waals surface area contributed by atoms with Crippen LogP contribution in [0.15, 0.2) is 41.1 Å². The van der Waals surface area contributed by atoms with Crippen molar-refractivity contribution in [3.8, 4) is 0 Å². The highest BCUT2D eigenvalue weighted by Gasteiger charge is 2.42. The summed E-state index contributed by atoms with van der Waals surface area (Å²) in [7, 11) is 0. The van der Waals surface area contributed by atoms with Gasteiger partial charge in [-0.15, -0.1) is 0 Å². The first kappa shape index (κ1) is 14.9. The molecular formula is C19H25N3O. The maximum atomic E-state index is 5.90. The molecule has 0 aliphatic carbocycles. The van der Waals surface area contributed by atoms with Crippen LogP contribution in [0.3, 0.4) is 0 Å². The second kappa shape index (κ2) is 6.46. The molecule has 4 rings (SSSR count). The van der Waals surface area contributed by atoms with Gasteiger partial charge >= 0.3 is 0 Å². The molecule has 2 atom stereocenters. The van der Waals surface area contributed by atoms with Gasteiger partial charge in [0.2, 0.25) is 0 Å². The Kier molecular flexibility index (Phi) is 4.19. The Bertz CT molecular complexity index is 639. The van der Waals surface area contributed by atoms with Crippen LogP contribution in [0, 0.1) is 0 Å². The van der Waals surface area contributed by atoms with E-state index in [0.29, 0.717) is 12.1 Å². The van der Waals surface area contributed by atoms with Crippen molar-refractivity contribution in [2.75, 3.05) is 13.1 Å². The summed E-state index contributed by atoms with van der Waals surface area (Å²) in [5.41, 5.74) is 1.32. The topological polar surface area (TPSA) is 32.5 Å². The number of nitrogens with zero attached hydrogens (tertiary/aromatic N) is 3. The second-order valence-corrected chi connectivity index (χ2v) is 6.74. The van der Waals surface area contributed by atoms with Crippen molar-refractivity contribution in [2.24, 2.45) is 0 Å². The second-order valence-electron chi connectivity index (χ2n) is 6.74. The number of likely N-dealkylation sites (tertiary alicyclic amines) is 2. The summed E-state index contributed by atoms with van der Waals surface area (Å²) in [5.74, 6) is 2.22. The van der Waals surface area contributed by atoms with Crippen LogP contribution in [0.4, 0.5) is 0 Å². The van der Waals surface area contributed by atoms with Gasteiger partial charge in [0, 0.05) is 50.5 Å². The molecule has 2 aromatic heterocycles. The molecule has 2 aromatic rings. The Morgan fingerprint density at radius 1 is 1.04 bits per heavy atom. The zero-order chi connectivity index (χ0) is 15.6. The molecule has 23 heavy (non-hydrogen) atoms. The molecule has 0 N–H and O–H groups in total. The summed E-state index contributed by atoms with van der Waals surface area (Å²) in [6.07, 6.45) is 7.36. The van der Waals surface area contributed by atoms with Crippen LogP contribution in [-0.4, -0.2) is 40.0 Å². The van der Waals surface area contributed by atoms with E-state index in [1.807, 2.05) is 18.5 Å². The van der Waals surface area contributed by atoms with Crippen molar-refractivity contribution < 1.29 is 4.42 Å². The standard InChI is InChI=1S/C19H25N3O/c1-2-16-5-6-17(23-16)14-22-11-8-18-19(22)7-10-21(18)13-15-4-3-9-20-12-15/h3-6,9,12,18-19H,2,7-8,10-11,13-14H2,1H3/t18-,19+/m0/s1. The predicted octanol–water partition coefficient (Wildman–Crippen LogP) is 3.09. The van der Waals surface area contributed by atoms with E-state index < -0.39 is 0 Å². The Morgan fingerprint density at radius 2 is 1.78 bits per heavy atom. The lowest BCUT2D eigenvalue weighted by atomic mass is 10.1. The van der Waals surface area contributed by atoms with Gasteiger partial charge in [-0.2, -0.15) is 0 Å². The average molecular weight is 311 g/mol. The number of aromatic nitrogens is 1. The van der Waals surface area contributed by atoms with Crippen LogP contribution in [0.5, 0.6) is 0 Å². The first-order chi connectivity index (χ1) is 11.3. The largest absolute Gasteiger partial charge is 0.465 e. The third-order valence-corrected chi connectivity index (χ3v) is 5.34. The Hall–Kier alpha value is -1.65. The molecule has 0 radical (unpaired) electrons. The number of hydrogen-bond donors (Lipinski definition) is 0. The van der Waals surface area contributed by atoms with Crippen molar-refractivity contribution in [3.63, 3.8) is 0 Å². The van der Waals surface area contributed by atoms with Crippen LogP contribution in [0.25, 0.3) is 0 Å². The lowest BCUT2D eigenvalue weighted by Crippen LogP contribution is -2.35. The van der Waals surface area contributed by atoms with E-state index >= 15 is 0 Å². The van der Waals surface area contributed by atoms with Crippen LogP contribution in [-0.2, 0) is 19.5 Å². The van der Waals surface area contributed by atoms with Crippen LogP contribution >= 0.6 is 0 Å². The van der Waals surface area contributed by atoms with Crippen molar-refractivity contribution in [3.05, 3.63) is 53.7 Å². The molecule has 2 aliphatic heterocycles. The number of fused-ring (bicyclic) bond motifs is 1. The smallest absolute Gasteiger partial charge is 0.118 e. The number of furan rings is 1. The van der Waals surface area contributed by atoms with Gasteiger partial charge in [-0.1, -0.05) is 13.0 Å². The van der Waals surface area contributed by atoms with Crippen molar-refractivity contribution in [1.29, 1.82) is 0 Å². The molecule has 0 saturated carbocycles. The Morgan fingerprint density at radius 3 is 2.43 bits per heavy atom. The summed E-state index contributed by atoms with van der Waals surface area (Å²) in [5, 5.41) is 0. The van der Waals surface area contributed by atoms with Crippen LogP contribution < -0.4 is 0 Å². The minimum absolute atomic E-state index is 0.682.